The Morgan fingerprint density at radius 1 is 1.39 bits per heavy atom. The first-order valence-electron chi connectivity index (χ1n) is 6.24. The van der Waals surface area contributed by atoms with Crippen LogP contribution in [0.25, 0.3) is 0 Å². The molecule has 0 spiro atoms. The highest BCUT2D eigenvalue weighted by molar-refractivity contribution is 5.97. The minimum atomic E-state index is -0.836. The van der Waals surface area contributed by atoms with Gasteiger partial charge >= 0.3 is 0 Å². The van der Waals surface area contributed by atoms with E-state index in [9.17, 15) is 10.1 Å². The normalized spacial score (nSPS) is 17.2. The van der Waals surface area contributed by atoms with Crippen molar-refractivity contribution in [1.82, 2.24) is 4.98 Å². The summed E-state index contributed by atoms with van der Waals surface area (Å²) in [7, 11) is 0. The number of anilines is 1. The maximum Gasteiger partial charge on any atom is 0.244 e. The number of carbonyl (C=O) groups excluding carboxylic acids is 1. The van der Waals surface area contributed by atoms with Crippen molar-refractivity contribution in [2.24, 2.45) is 5.41 Å². The highest BCUT2D eigenvalue weighted by Gasteiger charge is 2.41. The molecule has 0 aromatic carbocycles. The zero-order valence-electron chi connectivity index (χ0n) is 10.8. The van der Waals surface area contributed by atoms with E-state index in [1.165, 1.54) is 0 Å². The Balaban J connectivity index is 2.19. The maximum atomic E-state index is 12.2. The monoisotopic (exact) mass is 243 g/mol. The van der Waals surface area contributed by atoms with Crippen LogP contribution in [0.5, 0.6) is 0 Å². The third-order valence-corrected chi connectivity index (χ3v) is 3.58. The van der Waals surface area contributed by atoms with Crippen molar-refractivity contribution in [2.45, 2.75) is 39.5 Å². The van der Waals surface area contributed by atoms with Crippen LogP contribution in [0.1, 0.15) is 37.1 Å². The van der Waals surface area contributed by atoms with Gasteiger partial charge in [-0.3, -0.25) is 9.78 Å². The molecular weight excluding hydrogens is 226 g/mol. The van der Waals surface area contributed by atoms with E-state index in [-0.39, 0.29) is 5.91 Å². The molecule has 4 nitrogen and oxygen atoms in total. The third-order valence-electron chi connectivity index (χ3n) is 3.58. The van der Waals surface area contributed by atoms with Gasteiger partial charge in [0.1, 0.15) is 5.41 Å². The number of nitrogens with zero attached hydrogens (tertiary/aromatic N) is 2. The summed E-state index contributed by atoms with van der Waals surface area (Å²) in [5.41, 5.74) is 1.57. The van der Waals surface area contributed by atoms with Crippen molar-refractivity contribution in [3.8, 4) is 6.07 Å². The van der Waals surface area contributed by atoms with Crippen LogP contribution in [0.2, 0.25) is 0 Å². The van der Waals surface area contributed by atoms with Crippen molar-refractivity contribution in [3.05, 3.63) is 23.5 Å². The summed E-state index contributed by atoms with van der Waals surface area (Å²) >= 11 is 0. The Morgan fingerprint density at radius 2 is 2.06 bits per heavy atom. The van der Waals surface area contributed by atoms with Gasteiger partial charge in [0.25, 0.3) is 0 Å². The number of hydrogen-bond donors (Lipinski definition) is 1. The highest BCUT2D eigenvalue weighted by Crippen LogP contribution is 2.38. The Labute approximate surface area is 107 Å². The fourth-order valence-electron chi connectivity index (χ4n) is 2.43. The summed E-state index contributed by atoms with van der Waals surface area (Å²) in [6.07, 6.45) is 3.22. The predicted molar refractivity (Wildman–Crippen MR) is 68.9 cm³/mol. The molecule has 94 valence electrons. The van der Waals surface area contributed by atoms with Crippen molar-refractivity contribution in [3.63, 3.8) is 0 Å². The largest absolute Gasteiger partial charge is 0.323 e. The zero-order valence-corrected chi connectivity index (χ0v) is 10.8. The van der Waals surface area contributed by atoms with Gasteiger partial charge in [-0.15, -0.1) is 0 Å². The van der Waals surface area contributed by atoms with Crippen molar-refractivity contribution < 1.29 is 4.79 Å². The molecule has 0 saturated heterocycles. The van der Waals surface area contributed by atoms with Crippen molar-refractivity contribution >= 4 is 11.6 Å². The lowest BCUT2D eigenvalue weighted by Crippen LogP contribution is -2.32. The van der Waals surface area contributed by atoms with Gasteiger partial charge in [0.15, 0.2) is 0 Å². The van der Waals surface area contributed by atoms with E-state index in [1.807, 2.05) is 26.0 Å². The Kier molecular flexibility index (Phi) is 3.33. The Hall–Kier alpha value is -1.89. The molecule has 0 atom stereocenters. The van der Waals surface area contributed by atoms with E-state index in [1.54, 1.807) is 0 Å². The van der Waals surface area contributed by atoms with E-state index >= 15 is 0 Å². The second kappa shape index (κ2) is 4.77. The molecule has 1 heterocycles. The minimum absolute atomic E-state index is 0.184. The molecule has 0 unspecified atom stereocenters. The number of hydrogen-bond acceptors (Lipinski definition) is 3. The number of carbonyl (C=O) groups is 1. The summed E-state index contributed by atoms with van der Waals surface area (Å²) in [6, 6.07) is 5.90. The number of nitriles is 1. The molecule has 4 heteroatoms. The maximum absolute atomic E-state index is 12.2. The molecular formula is C14H17N3O. The van der Waals surface area contributed by atoms with Gasteiger partial charge in [-0.1, -0.05) is 12.8 Å². The molecule has 2 rings (SSSR count). The van der Waals surface area contributed by atoms with E-state index < -0.39 is 5.41 Å². The molecule has 1 aliphatic carbocycles. The lowest BCUT2D eigenvalue weighted by Gasteiger charge is -2.19. The molecule has 1 saturated carbocycles. The SMILES string of the molecule is Cc1ccc(NC(=O)C2(C#N)CCCC2)c(C)n1. The van der Waals surface area contributed by atoms with Crippen LogP contribution in [0.3, 0.4) is 0 Å². The second-order valence-corrected chi connectivity index (χ2v) is 4.94. The molecule has 0 radical (unpaired) electrons. The average Bonchev–Trinajstić information content (AvgIpc) is 2.82. The summed E-state index contributed by atoms with van der Waals surface area (Å²) in [5, 5.41) is 12.1. The van der Waals surface area contributed by atoms with Crippen molar-refractivity contribution in [1.29, 1.82) is 5.26 Å². The number of nitrogens with one attached hydrogen (secondary N) is 1. The summed E-state index contributed by atoms with van der Waals surface area (Å²) < 4.78 is 0. The Morgan fingerprint density at radius 3 is 2.61 bits per heavy atom. The molecule has 0 aliphatic heterocycles. The molecule has 1 fully saturated rings. The molecule has 1 aromatic rings. The van der Waals surface area contributed by atoms with Crippen LogP contribution >= 0.6 is 0 Å². The number of rotatable bonds is 2. The summed E-state index contributed by atoms with van der Waals surface area (Å²) in [4.78, 5) is 16.5. The van der Waals surface area contributed by atoms with Gasteiger partial charge in [-0.2, -0.15) is 5.26 Å². The number of amides is 1. The van der Waals surface area contributed by atoms with Crippen molar-refractivity contribution in [2.75, 3.05) is 5.32 Å². The van der Waals surface area contributed by atoms with E-state index in [2.05, 4.69) is 16.4 Å². The van der Waals surface area contributed by atoms with E-state index in [0.29, 0.717) is 18.5 Å². The van der Waals surface area contributed by atoms with Gasteiger partial charge < -0.3 is 5.32 Å². The molecule has 1 amide bonds. The van der Waals surface area contributed by atoms with E-state index in [0.717, 1.165) is 24.2 Å². The standard InChI is InChI=1S/C14H17N3O/c1-10-5-6-12(11(2)16-10)17-13(18)14(9-15)7-3-4-8-14/h5-6H,3-4,7-8H2,1-2H3,(H,17,18). The topological polar surface area (TPSA) is 65.8 Å². The molecule has 1 aromatic heterocycles. The first-order chi connectivity index (χ1) is 8.57. The summed E-state index contributed by atoms with van der Waals surface area (Å²) in [6.45, 7) is 3.77. The molecule has 1 aliphatic rings. The highest BCUT2D eigenvalue weighted by atomic mass is 16.2. The van der Waals surface area contributed by atoms with Gasteiger partial charge in [-0.25, -0.2) is 0 Å². The quantitative estimate of drug-likeness (QED) is 0.868. The first kappa shape index (κ1) is 12.6. The zero-order chi connectivity index (χ0) is 13.2. The van der Waals surface area contributed by atoms with Gasteiger partial charge in [0.2, 0.25) is 5.91 Å². The van der Waals surface area contributed by atoms with Crippen LogP contribution in [0.4, 0.5) is 5.69 Å². The van der Waals surface area contributed by atoms with E-state index in [4.69, 9.17) is 0 Å². The van der Waals surface area contributed by atoms with Crippen LogP contribution in [-0.4, -0.2) is 10.9 Å². The number of pyridine rings is 1. The minimum Gasteiger partial charge on any atom is -0.323 e. The smallest absolute Gasteiger partial charge is 0.244 e. The fraction of sp³-hybridized carbons (Fsp3) is 0.500. The fourth-order valence-corrected chi connectivity index (χ4v) is 2.43. The number of aromatic nitrogens is 1. The van der Waals surface area contributed by atoms with Crippen LogP contribution in [0, 0.1) is 30.6 Å². The molecule has 1 N–H and O–H groups in total. The second-order valence-electron chi connectivity index (χ2n) is 4.94. The molecule has 0 bridgehead atoms. The third kappa shape index (κ3) is 2.21. The van der Waals surface area contributed by atoms with Crippen LogP contribution < -0.4 is 5.32 Å². The first-order valence-corrected chi connectivity index (χ1v) is 6.24. The van der Waals surface area contributed by atoms with Gasteiger partial charge in [0.05, 0.1) is 17.5 Å². The molecule has 18 heavy (non-hydrogen) atoms. The predicted octanol–water partition coefficient (Wildman–Crippen LogP) is 2.72. The average molecular weight is 243 g/mol. The van der Waals surface area contributed by atoms with Gasteiger partial charge in [-0.05, 0) is 38.8 Å². The lowest BCUT2D eigenvalue weighted by atomic mass is 9.87. The Bertz CT molecular complexity index is 510. The lowest BCUT2D eigenvalue weighted by molar-refractivity contribution is -0.122. The van der Waals surface area contributed by atoms with Crippen LogP contribution in [0.15, 0.2) is 12.1 Å². The summed E-state index contributed by atoms with van der Waals surface area (Å²) in [5.74, 6) is -0.184. The number of aryl methyl sites for hydroxylation is 2. The van der Waals surface area contributed by atoms with Crippen LogP contribution in [-0.2, 0) is 4.79 Å². The van der Waals surface area contributed by atoms with Gasteiger partial charge in [0, 0.05) is 5.69 Å².